The van der Waals surface area contributed by atoms with Gasteiger partial charge in [0.1, 0.15) is 17.1 Å². The molecular formula is C20H12F6N8O. The molecule has 0 unspecified atom stereocenters. The predicted molar refractivity (Wildman–Crippen MR) is 109 cm³/mol. The molecule has 180 valence electrons. The first-order valence-corrected chi connectivity index (χ1v) is 9.57. The Kier molecular flexibility index (Phi) is 5.92. The standard InChI is InChI=1S/C20H12F6N8O/c1-10-8-28-18(35)34(9-10)17-32-15(12-3-2-4-13(30-12)19(21,22)23)31-16(33-17)29-11-5-6-27-14(7-11)20(24,25)26/h2-9H,1H3,(H,27,29,31,32,33). The molecule has 0 fully saturated rings. The lowest BCUT2D eigenvalue weighted by Gasteiger charge is -2.12. The van der Waals surface area contributed by atoms with E-state index >= 15 is 0 Å². The molecule has 35 heavy (non-hydrogen) atoms. The van der Waals surface area contributed by atoms with E-state index in [2.05, 4.69) is 35.2 Å². The fourth-order valence-corrected chi connectivity index (χ4v) is 2.81. The maximum absolute atomic E-state index is 13.1. The number of rotatable bonds is 4. The first kappa shape index (κ1) is 23.7. The molecule has 4 aromatic rings. The van der Waals surface area contributed by atoms with Gasteiger partial charge in [0.05, 0.1) is 0 Å². The van der Waals surface area contributed by atoms with Crippen LogP contribution >= 0.6 is 0 Å². The second-order valence-electron chi connectivity index (χ2n) is 7.02. The third kappa shape index (κ3) is 5.39. The molecule has 0 aliphatic rings. The molecule has 0 aliphatic heterocycles. The summed E-state index contributed by atoms with van der Waals surface area (Å²) < 4.78 is 79.4. The highest BCUT2D eigenvalue weighted by Gasteiger charge is 2.33. The van der Waals surface area contributed by atoms with Crippen LogP contribution in [0.5, 0.6) is 0 Å². The Labute approximate surface area is 191 Å². The number of halogens is 6. The number of aryl methyl sites for hydroxylation is 1. The van der Waals surface area contributed by atoms with E-state index < -0.39 is 29.4 Å². The van der Waals surface area contributed by atoms with Gasteiger partial charge in [0.15, 0.2) is 5.82 Å². The van der Waals surface area contributed by atoms with E-state index in [9.17, 15) is 31.1 Å². The normalized spacial score (nSPS) is 12.0. The largest absolute Gasteiger partial charge is 0.433 e. The molecule has 0 aliphatic carbocycles. The second kappa shape index (κ2) is 8.73. The van der Waals surface area contributed by atoms with E-state index in [0.29, 0.717) is 11.6 Å². The number of alkyl halides is 6. The number of nitrogens with zero attached hydrogens (tertiary/aromatic N) is 7. The van der Waals surface area contributed by atoms with E-state index in [4.69, 9.17) is 0 Å². The maximum Gasteiger partial charge on any atom is 0.433 e. The molecule has 0 saturated carbocycles. The Bertz CT molecular complexity index is 1450. The van der Waals surface area contributed by atoms with Crippen molar-refractivity contribution in [1.82, 2.24) is 34.5 Å². The fourth-order valence-electron chi connectivity index (χ4n) is 2.81. The smallest absolute Gasteiger partial charge is 0.324 e. The number of hydrogen-bond acceptors (Lipinski definition) is 8. The molecule has 4 aromatic heterocycles. The van der Waals surface area contributed by atoms with Crippen molar-refractivity contribution in [3.63, 3.8) is 0 Å². The van der Waals surface area contributed by atoms with Crippen molar-refractivity contribution in [3.05, 3.63) is 76.4 Å². The molecule has 0 radical (unpaired) electrons. The summed E-state index contributed by atoms with van der Waals surface area (Å²) >= 11 is 0. The van der Waals surface area contributed by atoms with Gasteiger partial charge in [0, 0.05) is 24.3 Å². The Hall–Kier alpha value is -4.43. The zero-order chi connectivity index (χ0) is 25.4. The van der Waals surface area contributed by atoms with Crippen molar-refractivity contribution in [2.45, 2.75) is 19.3 Å². The SMILES string of the molecule is Cc1cnc(=O)n(-c2nc(Nc3ccnc(C(F)(F)F)c3)nc(-c3cccc(C(F)(F)F)n3)n2)c1. The van der Waals surface area contributed by atoms with Crippen LogP contribution in [0.15, 0.2) is 53.7 Å². The van der Waals surface area contributed by atoms with Crippen molar-refractivity contribution < 1.29 is 26.3 Å². The summed E-state index contributed by atoms with van der Waals surface area (Å²) in [5.74, 6) is -1.08. The lowest BCUT2D eigenvalue weighted by atomic mass is 10.3. The first-order chi connectivity index (χ1) is 16.4. The summed E-state index contributed by atoms with van der Waals surface area (Å²) in [5.41, 5.74) is -3.13. The van der Waals surface area contributed by atoms with Crippen LogP contribution in [0.25, 0.3) is 17.5 Å². The van der Waals surface area contributed by atoms with Crippen molar-refractivity contribution >= 4 is 11.6 Å². The van der Waals surface area contributed by atoms with Crippen LogP contribution in [-0.4, -0.2) is 34.5 Å². The summed E-state index contributed by atoms with van der Waals surface area (Å²) in [7, 11) is 0. The van der Waals surface area contributed by atoms with Crippen LogP contribution in [0.3, 0.4) is 0 Å². The quantitative estimate of drug-likeness (QED) is 0.425. The van der Waals surface area contributed by atoms with Crippen LogP contribution in [-0.2, 0) is 12.4 Å². The van der Waals surface area contributed by atoms with E-state index in [1.165, 1.54) is 24.5 Å². The summed E-state index contributed by atoms with van der Waals surface area (Å²) in [6.07, 6.45) is -5.97. The van der Waals surface area contributed by atoms with Crippen LogP contribution in [0.4, 0.5) is 38.0 Å². The molecule has 4 heterocycles. The van der Waals surface area contributed by atoms with E-state index in [1.807, 2.05) is 0 Å². The molecule has 0 aromatic carbocycles. The maximum atomic E-state index is 13.1. The average molecular weight is 494 g/mol. The Balaban J connectivity index is 1.86. The topological polar surface area (TPSA) is 111 Å². The highest BCUT2D eigenvalue weighted by molar-refractivity contribution is 5.58. The molecule has 9 nitrogen and oxygen atoms in total. The third-order valence-corrected chi connectivity index (χ3v) is 4.33. The predicted octanol–water partition coefficient (Wildman–Crippen LogP) is 3.96. The minimum Gasteiger partial charge on any atom is -0.324 e. The molecule has 0 atom stereocenters. The number of aromatic nitrogens is 7. The zero-order valence-electron chi connectivity index (χ0n) is 17.4. The van der Waals surface area contributed by atoms with Gasteiger partial charge in [0.2, 0.25) is 11.9 Å². The van der Waals surface area contributed by atoms with Crippen LogP contribution in [0.1, 0.15) is 17.0 Å². The van der Waals surface area contributed by atoms with Gasteiger partial charge in [-0.1, -0.05) is 6.07 Å². The molecule has 1 N–H and O–H groups in total. The monoisotopic (exact) mass is 494 g/mol. The number of nitrogens with one attached hydrogen (secondary N) is 1. The van der Waals surface area contributed by atoms with Crippen molar-refractivity contribution in [2.24, 2.45) is 0 Å². The highest BCUT2D eigenvalue weighted by Crippen LogP contribution is 2.30. The molecule has 0 spiro atoms. The zero-order valence-corrected chi connectivity index (χ0v) is 17.4. The minimum atomic E-state index is -4.75. The molecule has 0 saturated heterocycles. The van der Waals surface area contributed by atoms with Gasteiger partial charge in [-0.25, -0.2) is 19.3 Å². The summed E-state index contributed by atoms with van der Waals surface area (Å²) in [6.45, 7) is 1.62. The summed E-state index contributed by atoms with van der Waals surface area (Å²) in [6, 6.07) is 4.91. The van der Waals surface area contributed by atoms with Gasteiger partial charge in [-0.3, -0.25) is 4.98 Å². The number of anilines is 2. The van der Waals surface area contributed by atoms with Gasteiger partial charge in [-0.15, -0.1) is 0 Å². The van der Waals surface area contributed by atoms with Crippen molar-refractivity contribution in [1.29, 1.82) is 0 Å². The molecule has 15 heteroatoms. The van der Waals surface area contributed by atoms with Crippen molar-refractivity contribution in [3.8, 4) is 17.5 Å². The van der Waals surface area contributed by atoms with Crippen LogP contribution in [0, 0.1) is 6.92 Å². The van der Waals surface area contributed by atoms with E-state index in [1.54, 1.807) is 6.92 Å². The molecular weight excluding hydrogens is 482 g/mol. The summed E-state index contributed by atoms with van der Waals surface area (Å²) in [4.78, 5) is 34.7. The van der Waals surface area contributed by atoms with Gasteiger partial charge in [-0.2, -0.15) is 41.3 Å². The van der Waals surface area contributed by atoms with Gasteiger partial charge >= 0.3 is 18.0 Å². The molecule has 4 rings (SSSR count). The van der Waals surface area contributed by atoms with Gasteiger partial charge < -0.3 is 5.32 Å². The second-order valence-corrected chi connectivity index (χ2v) is 7.02. The molecule has 0 amide bonds. The Morgan fingerprint density at radius 3 is 2.34 bits per heavy atom. The van der Waals surface area contributed by atoms with Gasteiger partial charge in [0.25, 0.3) is 0 Å². The van der Waals surface area contributed by atoms with Crippen molar-refractivity contribution in [2.75, 3.05) is 5.32 Å². The lowest BCUT2D eigenvalue weighted by molar-refractivity contribution is -0.141. The third-order valence-electron chi connectivity index (χ3n) is 4.33. The van der Waals surface area contributed by atoms with Crippen LogP contribution < -0.4 is 11.0 Å². The lowest BCUT2D eigenvalue weighted by Crippen LogP contribution is -2.23. The Morgan fingerprint density at radius 2 is 1.63 bits per heavy atom. The minimum absolute atomic E-state index is 0.123. The average Bonchev–Trinajstić information content (AvgIpc) is 2.79. The highest BCUT2D eigenvalue weighted by atomic mass is 19.4. The first-order valence-electron chi connectivity index (χ1n) is 9.57. The van der Waals surface area contributed by atoms with Crippen LogP contribution in [0.2, 0.25) is 0 Å². The van der Waals surface area contributed by atoms with E-state index in [-0.39, 0.29) is 29.1 Å². The number of hydrogen-bond donors (Lipinski definition) is 1. The fraction of sp³-hybridized carbons (Fsp3) is 0.150. The summed E-state index contributed by atoms with van der Waals surface area (Å²) in [5, 5.41) is 2.53. The Morgan fingerprint density at radius 1 is 0.886 bits per heavy atom. The van der Waals surface area contributed by atoms with E-state index in [0.717, 1.165) is 22.9 Å². The molecule has 0 bridgehead atoms. The van der Waals surface area contributed by atoms with Gasteiger partial charge in [-0.05, 0) is 36.8 Å². The number of pyridine rings is 2.